The van der Waals surface area contributed by atoms with Crippen molar-refractivity contribution < 1.29 is 19.9 Å². The highest BCUT2D eigenvalue weighted by molar-refractivity contribution is 5.95. The maximum absolute atomic E-state index is 11.6. The summed E-state index contributed by atoms with van der Waals surface area (Å²) in [6, 6.07) is 4.48. The largest absolute Gasteiger partial charge is 0.480 e. The Morgan fingerprint density at radius 2 is 2.12 bits per heavy atom. The van der Waals surface area contributed by atoms with Gasteiger partial charge in [-0.15, -0.1) is 0 Å². The highest BCUT2D eigenvalue weighted by Crippen LogP contribution is 2.20. The molecule has 2 aliphatic rings. The molecule has 2 heterocycles. The van der Waals surface area contributed by atoms with Crippen LogP contribution in [0.25, 0.3) is 11.4 Å². The number of carboxylic acids is 1. The van der Waals surface area contributed by atoms with Crippen molar-refractivity contribution in [2.75, 3.05) is 6.54 Å². The second-order valence-electron chi connectivity index (χ2n) is 3.32. The van der Waals surface area contributed by atoms with Gasteiger partial charge in [0, 0.05) is 6.20 Å². The summed E-state index contributed by atoms with van der Waals surface area (Å²) in [5.41, 5.74) is 0.877. The monoisotopic (exact) mass is 235 g/mol. The molecule has 2 rings (SSSR count). The van der Waals surface area contributed by atoms with Crippen molar-refractivity contribution in [3.05, 3.63) is 30.1 Å². The fraction of sp³-hybridized carbons (Fsp3) is 0.100. The van der Waals surface area contributed by atoms with Gasteiger partial charge in [0.15, 0.2) is 0 Å². The van der Waals surface area contributed by atoms with E-state index in [1.165, 1.54) is 12.3 Å². The number of hydrogen-bond acceptors (Lipinski definition) is 4. The first-order valence-electron chi connectivity index (χ1n) is 4.75. The Kier molecular flexibility index (Phi) is 2.65. The average Bonchev–Trinajstić information content (AvgIpc) is 2.75. The molecule has 0 aliphatic carbocycles. The third-order valence-electron chi connectivity index (χ3n) is 2.20. The SMILES string of the molecule is O=C(O)CNC(=O)c1ccc2nccc-2n1O. The molecule has 0 spiro atoms. The van der Waals surface area contributed by atoms with Crippen molar-refractivity contribution in [3.8, 4) is 11.4 Å². The van der Waals surface area contributed by atoms with E-state index in [-0.39, 0.29) is 5.69 Å². The molecule has 0 atom stereocenters. The molecule has 0 saturated carbocycles. The standard InChI is InChI=1S/C10H9N3O4/c14-9(15)5-12-10(16)8-2-1-6-7(13(8)17)3-4-11-6/h1-4,17H,5H2,(H,12,16)(H,14,15). The van der Waals surface area contributed by atoms with Crippen molar-refractivity contribution in [1.82, 2.24) is 15.0 Å². The number of carboxylic acid groups (broad SMARTS) is 1. The summed E-state index contributed by atoms with van der Waals surface area (Å²) in [4.78, 5) is 25.8. The molecule has 0 unspecified atom stereocenters. The van der Waals surface area contributed by atoms with E-state index in [4.69, 9.17) is 5.11 Å². The quantitative estimate of drug-likeness (QED) is 0.651. The predicted molar refractivity (Wildman–Crippen MR) is 56.0 cm³/mol. The molecule has 3 N–H and O–H groups in total. The van der Waals surface area contributed by atoms with Gasteiger partial charge in [0.1, 0.15) is 17.9 Å². The second-order valence-corrected chi connectivity index (χ2v) is 3.32. The molecule has 17 heavy (non-hydrogen) atoms. The van der Waals surface area contributed by atoms with Gasteiger partial charge in [0.2, 0.25) is 0 Å². The first-order chi connectivity index (χ1) is 8.09. The van der Waals surface area contributed by atoms with Crippen molar-refractivity contribution in [3.63, 3.8) is 0 Å². The Labute approximate surface area is 95.6 Å². The van der Waals surface area contributed by atoms with Crippen molar-refractivity contribution >= 4 is 11.9 Å². The smallest absolute Gasteiger partial charge is 0.322 e. The lowest BCUT2D eigenvalue weighted by molar-refractivity contribution is -0.135. The third-order valence-corrected chi connectivity index (χ3v) is 2.20. The molecule has 0 aromatic rings. The number of nitrogens with one attached hydrogen (secondary N) is 1. The van der Waals surface area contributed by atoms with Crippen LogP contribution in [0.5, 0.6) is 0 Å². The van der Waals surface area contributed by atoms with Crippen LogP contribution < -0.4 is 5.32 Å². The van der Waals surface area contributed by atoms with Crippen molar-refractivity contribution in [1.29, 1.82) is 0 Å². The summed E-state index contributed by atoms with van der Waals surface area (Å²) >= 11 is 0. The minimum absolute atomic E-state index is 0.0493. The Balaban J connectivity index is 2.29. The van der Waals surface area contributed by atoms with Gasteiger partial charge in [-0.3, -0.25) is 14.6 Å². The van der Waals surface area contributed by atoms with Gasteiger partial charge < -0.3 is 15.6 Å². The van der Waals surface area contributed by atoms with E-state index in [0.717, 1.165) is 0 Å². The van der Waals surface area contributed by atoms with Gasteiger partial charge in [-0.2, -0.15) is 4.73 Å². The topological polar surface area (TPSA) is 104 Å². The zero-order chi connectivity index (χ0) is 12.4. The molecule has 7 heteroatoms. The summed E-state index contributed by atoms with van der Waals surface area (Å²) in [7, 11) is 0. The van der Waals surface area contributed by atoms with Crippen LogP contribution in [-0.4, -0.2) is 38.4 Å². The number of aromatic nitrogens is 2. The molecular formula is C10H9N3O4. The average molecular weight is 235 g/mol. The fourth-order valence-electron chi connectivity index (χ4n) is 1.42. The van der Waals surface area contributed by atoms with E-state index in [2.05, 4.69) is 10.3 Å². The summed E-state index contributed by atoms with van der Waals surface area (Å²) in [6.07, 6.45) is 1.50. The first kappa shape index (κ1) is 10.9. The zero-order valence-electron chi connectivity index (χ0n) is 8.62. The van der Waals surface area contributed by atoms with E-state index in [0.29, 0.717) is 16.1 Å². The second kappa shape index (κ2) is 4.12. The molecule has 1 amide bonds. The molecule has 0 fully saturated rings. The number of hydrogen-bond donors (Lipinski definition) is 3. The number of rotatable bonds is 3. The zero-order valence-corrected chi connectivity index (χ0v) is 8.62. The van der Waals surface area contributed by atoms with Crippen LogP contribution in [0.3, 0.4) is 0 Å². The molecule has 2 aliphatic heterocycles. The van der Waals surface area contributed by atoms with Gasteiger partial charge in [-0.05, 0) is 18.2 Å². The Hall–Kier alpha value is -2.57. The van der Waals surface area contributed by atoms with Crippen molar-refractivity contribution in [2.24, 2.45) is 0 Å². The summed E-state index contributed by atoms with van der Waals surface area (Å²) < 4.78 is 0.680. The molecule has 0 saturated heterocycles. The number of amides is 1. The maximum Gasteiger partial charge on any atom is 0.322 e. The Bertz CT molecular complexity index is 549. The lowest BCUT2D eigenvalue weighted by Gasteiger charge is -2.10. The summed E-state index contributed by atoms with van der Waals surface area (Å²) in [5, 5.41) is 20.3. The molecule has 7 nitrogen and oxygen atoms in total. The summed E-state index contributed by atoms with van der Waals surface area (Å²) in [5.74, 6) is -1.82. The Morgan fingerprint density at radius 1 is 1.35 bits per heavy atom. The minimum Gasteiger partial charge on any atom is -0.480 e. The number of carbonyl (C=O) groups excluding carboxylic acids is 1. The van der Waals surface area contributed by atoms with E-state index >= 15 is 0 Å². The van der Waals surface area contributed by atoms with Gasteiger partial charge in [-0.1, -0.05) is 0 Å². The number of fused-ring (bicyclic) bond motifs is 1. The molecule has 0 aromatic carbocycles. The number of pyridine rings is 1. The van der Waals surface area contributed by atoms with Crippen LogP contribution >= 0.6 is 0 Å². The highest BCUT2D eigenvalue weighted by atomic mass is 16.5. The van der Waals surface area contributed by atoms with Crippen LogP contribution in [0.4, 0.5) is 0 Å². The van der Waals surface area contributed by atoms with Crippen LogP contribution in [0.2, 0.25) is 0 Å². The van der Waals surface area contributed by atoms with E-state index in [9.17, 15) is 14.8 Å². The molecule has 88 valence electrons. The molecule has 0 aromatic heterocycles. The highest BCUT2D eigenvalue weighted by Gasteiger charge is 2.16. The molecule has 0 radical (unpaired) electrons. The molecular weight excluding hydrogens is 226 g/mol. The normalized spacial score (nSPS) is 10.4. The number of aliphatic carboxylic acids is 1. The fourth-order valence-corrected chi connectivity index (χ4v) is 1.42. The lowest BCUT2D eigenvalue weighted by atomic mass is 10.2. The Morgan fingerprint density at radius 3 is 2.82 bits per heavy atom. The van der Waals surface area contributed by atoms with Crippen LogP contribution in [0, 0.1) is 0 Å². The van der Waals surface area contributed by atoms with Gasteiger partial charge >= 0.3 is 5.97 Å². The van der Waals surface area contributed by atoms with E-state index in [1.54, 1.807) is 12.1 Å². The van der Waals surface area contributed by atoms with Gasteiger partial charge in [0.05, 0.1) is 5.69 Å². The van der Waals surface area contributed by atoms with E-state index < -0.39 is 18.4 Å². The van der Waals surface area contributed by atoms with Crippen LogP contribution in [0.1, 0.15) is 10.5 Å². The van der Waals surface area contributed by atoms with Gasteiger partial charge in [0.25, 0.3) is 5.91 Å². The van der Waals surface area contributed by atoms with Crippen LogP contribution in [0.15, 0.2) is 24.4 Å². The molecule has 0 bridgehead atoms. The predicted octanol–water partition coefficient (Wildman–Crippen LogP) is 0.0396. The first-order valence-corrected chi connectivity index (χ1v) is 4.75. The van der Waals surface area contributed by atoms with Gasteiger partial charge in [-0.25, -0.2) is 0 Å². The van der Waals surface area contributed by atoms with E-state index in [1.807, 2.05) is 0 Å². The third kappa shape index (κ3) is 2.03. The van der Waals surface area contributed by atoms with Crippen molar-refractivity contribution in [2.45, 2.75) is 0 Å². The summed E-state index contributed by atoms with van der Waals surface area (Å²) in [6.45, 7) is -0.504. The lowest BCUT2D eigenvalue weighted by Crippen LogP contribution is -2.31. The minimum atomic E-state index is -1.15. The maximum atomic E-state index is 11.6. The number of carbonyl (C=O) groups is 2. The van der Waals surface area contributed by atoms with Crippen LogP contribution in [-0.2, 0) is 4.79 Å². The number of nitrogens with zero attached hydrogens (tertiary/aromatic N) is 2.